The van der Waals surface area contributed by atoms with Gasteiger partial charge in [0.25, 0.3) is 0 Å². The fourth-order valence-electron chi connectivity index (χ4n) is 5.52. The third kappa shape index (κ3) is 6.73. The number of carbonyl (C=O) groups excluding carboxylic acids is 1. The number of amides is 1. The average Bonchev–Trinajstić information content (AvgIpc) is 2.59. The molecule has 4 nitrogen and oxygen atoms in total. The van der Waals surface area contributed by atoms with Crippen LogP contribution in [0.3, 0.4) is 0 Å². The van der Waals surface area contributed by atoms with Gasteiger partial charge in [-0.2, -0.15) is 0 Å². The molecule has 28 heavy (non-hydrogen) atoms. The first-order valence-corrected chi connectivity index (χ1v) is 11.8. The Morgan fingerprint density at radius 2 is 1.14 bits per heavy atom. The molecule has 0 radical (unpaired) electrons. The lowest BCUT2D eigenvalue weighted by molar-refractivity contribution is -0.134. The fraction of sp³-hybridized carbons (Fsp3) is 0.958. The van der Waals surface area contributed by atoms with Gasteiger partial charge < -0.3 is 5.73 Å². The summed E-state index contributed by atoms with van der Waals surface area (Å²) in [5.74, 6) is 0.389. The first kappa shape index (κ1) is 25.4. The van der Waals surface area contributed by atoms with Gasteiger partial charge >= 0.3 is 0 Å². The molecule has 1 fully saturated rings. The summed E-state index contributed by atoms with van der Waals surface area (Å²) in [6.07, 6.45) is 7.91. The normalized spacial score (nSPS) is 17.1. The number of hydrogen-bond acceptors (Lipinski definition) is 3. The van der Waals surface area contributed by atoms with Gasteiger partial charge in [-0.05, 0) is 100 Å². The van der Waals surface area contributed by atoms with Gasteiger partial charge in [0.2, 0.25) is 5.91 Å². The Bertz CT molecular complexity index is 413. The number of hydrogen-bond donors (Lipinski definition) is 1. The lowest BCUT2D eigenvalue weighted by atomic mass is 9.64. The Hall–Kier alpha value is -0.610. The Kier molecular flexibility index (Phi) is 10.5. The maximum absolute atomic E-state index is 13.0. The highest BCUT2D eigenvalue weighted by atomic mass is 16.1. The Labute approximate surface area is 175 Å². The predicted molar refractivity (Wildman–Crippen MR) is 121 cm³/mol. The van der Waals surface area contributed by atoms with Crippen molar-refractivity contribution in [1.29, 1.82) is 0 Å². The summed E-state index contributed by atoms with van der Waals surface area (Å²) >= 11 is 0. The van der Waals surface area contributed by atoms with Crippen molar-refractivity contribution in [3.8, 4) is 0 Å². The van der Waals surface area contributed by atoms with Gasteiger partial charge in [-0.25, -0.2) is 0 Å². The topological polar surface area (TPSA) is 49.6 Å². The quantitative estimate of drug-likeness (QED) is 0.503. The summed E-state index contributed by atoms with van der Waals surface area (Å²) in [5.41, 5.74) is 5.83. The molecule has 0 heterocycles. The molecule has 1 rings (SSSR count). The Balaban J connectivity index is 3.10. The lowest BCUT2D eigenvalue weighted by Crippen LogP contribution is -2.50. The van der Waals surface area contributed by atoms with Crippen LogP contribution in [0.4, 0.5) is 0 Å². The molecule has 1 aliphatic carbocycles. The Morgan fingerprint density at radius 1 is 0.786 bits per heavy atom. The number of primary amides is 1. The van der Waals surface area contributed by atoms with E-state index in [4.69, 9.17) is 5.73 Å². The van der Waals surface area contributed by atoms with Crippen LogP contribution >= 0.6 is 0 Å². The van der Waals surface area contributed by atoms with Crippen LogP contribution in [-0.4, -0.2) is 53.0 Å². The van der Waals surface area contributed by atoms with Crippen LogP contribution in [0, 0.1) is 11.3 Å². The maximum atomic E-state index is 13.0. The van der Waals surface area contributed by atoms with Crippen molar-refractivity contribution in [1.82, 2.24) is 9.80 Å². The molecule has 0 unspecified atom stereocenters. The molecule has 2 N–H and O–H groups in total. The second kappa shape index (κ2) is 11.5. The molecule has 0 aromatic heterocycles. The first-order chi connectivity index (χ1) is 13.0. The minimum absolute atomic E-state index is 0.0562. The summed E-state index contributed by atoms with van der Waals surface area (Å²) in [6.45, 7) is 20.0. The van der Waals surface area contributed by atoms with Crippen LogP contribution in [0.5, 0.6) is 0 Å². The van der Waals surface area contributed by atoms with E-state index in [0.717, 1.165) is 38.8 Å². The van der Waals surface area contributed by atoms with Gasteiger partial charge in [-0.3, -0.25) is 14.6 Å². The van der Waals surface area contributed by atoms with Crippen molar-refractivity contribution >= 4 is 5.91 Å². The zero-order valence-corrected chi connectivity index (χ0v) is 20.1. The molecule has 0 spiro atoms. The zero-order valence-electron chi connectivity index (χ0n) is 20.1. The molecule has 0 aliphatic heterocycles. The highest BCUT2D eigenvalue weighted by Gasteiger charge is 2.44. The maximum Gasteiger partial charge on any atom is 0.224 e. The fourth-order valence-corrected chi connectivity index (χ4v) is 5.52. The molecule has 0 saturated heterocycles. The molecule has 1 aliphatic rings. The largest absolute Gasteiger partial charge is 0.369 e. The molecular formula is C24H49N3O. The summed E-state index contributed by atoms with van der Waals surface area (Å²) in [5, 5.41) is 0. The molecule has 166 valence electrons. The molecule has 4 heteroatoms. The first-order valence-electron chi connectivity index (χ1n) is 11.8. The van der Waals surface area contributed by atoms with Crippen molar-refractivity contribution in [2.24, 2.45) is 17.1 Å². The van der Waals surface area contributed by atoms with E-state index in [-0.39, 0.29) is 11.3 Å². The predicted octanol–water partition coefficient (Wildman–Crippen LogP) is 5.06. The van der Waals surface area contributed by atoms with Crippen LogP contribution in [0.2, 0.25) is 0 Å². The molecule has 1 saturated carbocycles. The van der Waals surface area contributed by atoms with Crippen molar-refractivity contribution in [2.45, 2.75) is 125 Å². The standard InChI is InChI=1S/C24H49N3O/c1-18(2)26(19(3)4)16-14-24(23(25)28,22-12-10-9-11-13-22)15-17-27(20(5)6)21(7)8/h18-22H,9-17H2,1-8H3,(H2,25,28). The smallest absolute Gasteiger partial charge is 0.224 e. The SMILES string of the molecule is CC(C)N(CCC(CCN(C(C)C)C(C)C)(C(N)=O)C1CCCCC1)C(C)C. The molecule has 0 bridgehead atoms. The van der Waals surface area contributed by atoms with Gasteiger partial charge in [-0.15, -0.1) is 0 Å². The van der Waals surface area contributed by atoms with E-state index in [2.05, 4.69) is 65.2 Å². The minimum atomic E-state index is -0.371. The zero-order chi connectivity index (χ0) is 21.5. The van der Waals surface area contributed by atoms with E-state index in [1.54, 1.807) is 0 Å². The molecule has 0 atom stereocenters. The van der Waals surface area contributed by atoms with Gasteiger partial charge in [0.1, 0.15) is 0 Å². The Morgan fingerprint density at radius 3 is 1.43 bits per heavy atom. The van der Waals surface area contributed by atoms with Gasteiger partial charge in [-0.1, -0.05) is 19.3 Å². The van der Waals surface area contributed by atoms with Crippen LogP contribution in [0.15, 0.2) is 0 Å². The van der Waals surface area contributed by atoms with Crippen LogP contribution in [0.25, 0.3) is 0 Å². The number of nitrogens with zero attached hydrogens (tertiary/aromatic N) is 2. The second-order valence-electron chi connectivity index (χ2n) is 10.2. The van der Waals surface area contributed by atoms with Crippen molar-refractivity contribution in [2.75, 3.05) is 13.1 Å². The van der Waals surface area contributed by atoms with E-state index in [0.29, 0.717) is 30.1 Å². The highest BCUT2D eigenvalue weighted by molar-refractivity contribution is 5.81. The monoisotopic (exact) mass is 395 g/mol. The van der Waals surface area contributed by atoms with E-state index >= 15 is 0 Å². The van der Waals surface area contributed by atoms with E-state index in [1.807, 2.05) is 0 Å². The molecule has 0 aromatic carbocycles. The highest BCUT2D eigenvalue weighted by Crippen LogP contribution is 2.44. The van der Waals surface area contributed by atoms with Crippen LogP contribution in [-0.2, 0) is 4.79 Å². The van der Waals surface area contributed by atoms with E-state index in [1.165, 1.54) is 19.3 Å². The lowest BCUT2D eigenvalue weighted by Gasteiger charge is -2.44. The van der Waals surface area contributed by atoms with E-state index < -0.39 is 0 Å². The third-order valence-electron chi connectivity index (χ3n) is 7.16. The molecule has 1 amide bonds. The van der Waals surface area contributed by atoms with Crippen molar-refractivity contribution in [3.05, 3.63) is 0 Å². The van der Waals surface area contributed by atoms with Crippen molar-refractivity contribution < 1.29 is 4.79 Å². The van der Waals surface area contributed by atoms with Crippen LogP contribution < -0.4 is 5.73 Å². The van der Waals surface area contributed by atoms with Crippen LogP contribution in [0.1, 0.15) is 100 Å². The van der Waals surface area contributed by atoms with E-state index in [9.17, 15) is 4.79 Å². The summed E-state index contributed by atoms with van der Waals surface area (Å²) in [7, 11) is 0. The number of nitrogens with two attached hydrogens (primary N) is 1. The van der Waals surface area contributed by atoms with Gasteiger partial charge in [0.05, 0.1) is 5.41 Å². The second-order valence-corrected chi connectivity index (χ2v) is 10.2. The van der Waals surface area contributed by atoms with Gasteiger partial charge in [0.15, 0.2) is 0 Å². The summed E-state index contributed by atoms with van der Waals surface area (Å²) in [4.78, 5) is 18.0. The number of carbonyl (C=O) groups is 1. The molecule has 0 aromatic rings. The summed E-state index contributed by atoms with van der Waals surface area (Å²) in [6, 6.07) is 1.94. The van der Waals surface area contributed by atoms with Gasteiger partial charge in [0, 0.05) is 24.2 Å². The number of rotatable bonds is 12. The molecular weight excluding hydrogens is 346 g/mol. The summed E-state index contributed by atoms with van der Waals surface area (Å²) < 4.78 is 0. The third-order valence-corrected chi connectivity index (χ3v) is 7.16. The minimum Gasteiger partial charge on any atom is -0.369 e. The van der Waals surface area contributed by atoms with Crippen molar-refractivity contribution in [3.63, 3.8) is 0 Å². The average molecular weight is 396 g/mol.